The fourth-order valence-electron chi connectivity index (χ4n) is 3.57. The number of nitrogens with one attached hydrogen (secondary N) is 1. The molecule has 0 atom stereocenters. The van der Waals surface area contributed by atoms with Crippen LogP contribution in [0.15, 0.2) is 24.4 Å². The number of benzene rings is 1. The molecule has 31 heavy (non-hydrogen) atoms. The van der Waals surface area contributed by atoms with Gasteiger partial charge in [-0.05, 0) is 35.4 Å². The molecule has 1 N–H and O–H groups in total. The van der Waals surface area contributed by atoms with Crippen LogP contribution in [0.1, 0.15) is 0 Å². The Morgan fingerprint density at radius 1 is 1.03 bits per heavy atom. The molecule has 0 unspecified atom stereocenters. The van der Waals surface area contributed by atoms with Crippen molar-refractivity contribution in [1.82, 2.24) is 24.8 Å². The minimum atomic E-state index is -0.149. The predicted molar refractivity (Wildman–Crippen MR) is 127 cm³/mol. The summed E-state index contributed by atoms with van der Waals surface area (Å²) in [5.74, 6) is 0.0868. The lowest BCUT2D eigenvalue weighted by Gasteiger charge is -2.31. The molecule has 4 rings (SSSR count). The lowest BCUT2D eigenvalue weighted by Crippen LogP contribution is -2.47. The summed E-state index contributed by atoms with van der Waals surface area (Å²) in [5, 5.41) is 3.58. The molecule has 7 nitrogen and oxygen atoms in total. The molecular weight excluding hydrogens is 384 g/mol. The van der Waals surface area contributed by atoms with Crippen LogP contribution in [-0.4, -0.2) is 102 Å². The standard InChI is InChI=1S/C20H18B4N6O/c1-29-4-6-30(7-5-29)10-14(31)27-20-25-9-12-3-2-11(8-13(12)26-20)15-16(21)17(22)19(24)28-18(15)23/h2-3,8-9H,4-7,10H2,1H3,(H,25,26,27,31). The number of hydrogen-bond donors (Lipinski definition) is 1. The van der Waals surface area contributed by atoms with Crippen LogP contribution in [0.2, 0.25) is 0 Å². The Labute approximate surface area is 186 Å². The van der Waals surface area contributed by atoms with Gasteiger partial charge in [0.25, 0.3) is 0 Å². The highest BCUT2D eigenvalue weighted by Crippen LogP contribution is 2.21. The highest BCUT2D eigenvalue weighted by Gasteiger charge is 2.17. The van der Waals surface area contributed by atoms with Gasteiger partial charge in [0, 0.05) is 37.8 Å². The molecule has 0 saturated carbocycles. The van der Waals surface area contributed by atoms with Crippen LogP contribution in [0.3, 0.4) is 0 Å². The number of carbonyl (C=O) groups excluding carboxylic acids is 1. The average molecular weight is 402 g/mol. The summed E-state index contributed by atoms with van der Waals surface area (Å²) in [4.78, 5) is 29.6. The second-order valence-electron chi connectivity index (χ2n) is 7.68. The van der Waals surface area contributed by atoms with E-state index in [1.807, 2.05) is 12.1 Å². The first-order valence-electron chi connectivity index (χ1n) is 9.89. The minimum Gasteiger partial charge on any atom is -0.304 e. The van der Waals surface area contributed by atoms with E-state index in [-0.39, 0.29) is 34.0 Å². The fraction of sp³-hybridized carbons (Fsp3) is 0.300. The third kappa shape index (κ3) is 4.67. The molecule has 8 radical (unpaired) electrons. The van der Waals surface area contributed by atoms with E-state index in [4.69, 9.17) is 31.4 Å². The number of amides is 1. The van der Waals surface area contributed by atoms with Crippen molar-refractivity contribution >= 4 is 76.3 Å². The smallest absolute Gasteiger partial charge is 0.240 e. The molecule has 2 aromatic heterocycles. The first-order valence-corrected chi connectivity index (χ1v) is 9.89. The molecule has 0 aliphatic carbocycles. The predicted octanol–water partition coefficient (Wildman–Crippen LogP) is -2.95. The van der Waals surface area contributed by atoms with Gasteiger partial charge in [0.15, 0.2) is 0 Å². The second-order valence-corrected chi connectivity index (χ2v) is 7.68. The van der Waals surface area contributed by atoms with E-state index < -0.39 is 0 Å². The molecule has 0 spiro atoms. The van der Waals surface area contributed by atoms with E-state index in [0.717, 1.165) is 31.6 Å². The number of anilines is 1. The maximum absolute atomic E-state index is 12.4. The van der Waals surface area contributed by atoms with Gasteiger partial charge in [-0.2, -0.15) is 0 Å². The van der Waals surface area contributed by atoms with Crippen molar-refractivity contribution in [1.29, 1.82) is 0 Å². The van der Waals surface area contributed by atoms with Gasteiger partial charge in [0.05, 0.1) is 12.1 Å². The zero-order chi connectivity index (χ0) is 22.1. The van der Waals surface area contributed by atoms with Gasteiger partial charge in [0.1, 0.15) is 31.4 Å². The normalized spacial score (nSPS) is 15.3. The topological polar surface area (TPSA) is 74.2 Å². The van der Waals surface area contributed by atoms with Gasteiger partial charge in [-0.3, -0.25) is 20.0 Å². The van der Waals surface area contributed by atoms with Crippen LogP contribution in [0.25, 0.3) is 22.0 Å². The van der Waals surface area contributed by atoms with Gasteiger partial charge in [-0.1, -0.05) is 23.1 Å². The third-order valence-electron chi connectivity index (χ3n) is 5.42. The molecule has 1 aliphatic rings. The Morgan fingerprint density at radius 3 is 2.52 bits per heavy atom. The van der Waals surface area contributed by atoms with Crippen molar-refractivity contribution in [2.45, 2.75) is 0 Å². The summed E-state index contributed by atoms with van der Waals surface area (Å²) in [6.07, 6.45) is 1.65. The molecule has 1 aliphatic heterocycles. The number of nitrogens with zero attached hydrogens (tertiary/aromatic N) is 5. The summed E-state index contributed by atoms with van der Waals surface area (Å²) < 4.78 is 0. The monoisotopic (exact) mass is 402 g/mol. The van der Waals surface area contributed by atoms with Gasteiger partial charge in [0.2, 0.25) is 11.9 Å². The summed E-state index contributed by atoms with van der Waals surface area (Å²) >= 11 is 0. The zero-order valence-corrected chi connectivity index (χ0v) is 17.3. The molecule has 1 saturated heterocycles. The summed E-state index contributed by atoms with van der Waals surface area (Å²) in [6.45, 7) is 3.90. The van der Waals surface area contributed by atoms with Gasteiger partial charge in [-0.25, -0.2) is 9.97 Å². The van der Waals surface area contributed by atoms with Crippen LogP contribution in [0, 0.1) is 0 Å². The number of fused-ring (bicyclic) bond motifs is 1. The second kappa shape index (κ2) is 8.85. The van der Waals surface area contributed by atoms with E-state index in [0.29, 0.717) is 23.2 Å². The van der Waals surface area contributed by atoms with Crippen LogP contribution in [0.5, 0.6) is 0 Å². The quantitative estimate of drug-likeness (QED) is 0.472. The third-order valence-corrected chi connectivity index (χ3v) is 5.42. The van der Waals surface area contributed by atoms with Crippen LogP contribution < -0.4 is 27.4 Å². The Hall–Kier alpha value is -2.64. The number of piperazine rings is 1. The zero-order valence-electron chi connectivity index (χ0n) is 17.3. The Morgan fingerprint density at radius 2 is 1.77 bits per heavy atom. The van der Waals surface area contributed by atoms with Crippen LogP contribution in [0.4, 0.5) is 5.95 Å². The van der Waals surface area contributed by atoms with Crippen molar-refractivity contribution in [3.8, 4) is 11.1 Å². The van der Waals surface area contributed by atoms with Crippen molar-refractivity contribution in [3.63, 3.8) is 0 Å². The van der Waals surface area contributed by atoms with E-state index in [2.05, 4.69) is 37.1 Å². The van der Waals surface area contributed by atoms with E-state index in [1.54, 1.807) is 12.3 Å². The molecular formula is C20H18B4N6O. The summed E-state index contributed by atoms with van der Waals surface area (Å²) in [7, 11) is 25.9. The van der Waals surface area contributed by atoms with E-state index >= 15 is 0 Å². The number of carbonyl (C=O) groups is 1. The lowest BCUT2D eigenvalue weighted by molar-refractivity contribution is -0.117. The minimum absolute atomic E-state index is 0.0900. The molecule has 3 aromatic rings. The Balaban J connectivity index is 1.57. The van der Waals surface area contributed by atoms with Crippen molar-refractivity contribution < 1.29 is 4.79 Å². The maximum atomic E-state index is 12.4. The maximum Gasteiger partial charge on any atom is 0.240 e. The highest BCUT2D eigenvalue weighted by molar-refractivity contribution is 6.59. The number of rotatable bonds is 4. The summed E-state index contributed by atoms with van der Waals surface area (Å²) in [5.41, 5.74) is 2.52. The van der Waals surface area contributed by atoms with Gasteiger partial charge >= 0.3 is 0 Å². The molecule has 0 bridgehead atoms. The molecule has 11 heteroatoms. The largest absolute Gasteiger partial charge is 0.304 e. The van der Waals surface area contributed by atoms with E-state index in [9.17, 15) is 4.79 Å². The molecule has 3 heterocycles. The van der Waals surface area contributed by atoms with E-state index in [1.165, 1.54) is 0 Å². The summed E-state index contributed by atoms with van der Waals surface area (Å²) in [6, 6.07) is 5.47. The molecule has 1 aromatic carbocycles. The Bertz CT molecular complexity index is 1150. The molecule has 1 fully saturated rings. The first-order chi connectivity index (χ1) is 14.8. The average Bonchev–Trinajstić information content (AvgIpc) is 2.73. The van der Waals surface area contributed by atoms with Crippen molar-refractivity contribution in [3.05, 3.63) is 24.4 Å². The highest BCUT2D eigenvalue weighted by atomic mass is 16.2. The fourth-order valence-corrected chi connectivity index (χ4v) is 3.57. The number of aromatic nitrogens is 3. The van der Waals surface area contributed by atoms with Crippen molar-refractivity contribution in [2.24, 2.45) is 0 Å². The van der Waals surface area contributed by atoms with Crippen LogP contribution >= 0.6 is 0 Å². The number of hydrogen-bond acceptors (Lipinski definition) is 6. The number of pyridine rings is 1. The van der Waals surface area contributed by atoms with Crippen LogP contribution in [-0.2, 0) is 4.79 Å². The first kappa shape index (κ1) is 21.6. The van der Waals surface area contributed by atoms with Crippen molar-refractivity contribution in [2.75, 3.05) is 45.1 Å². The van der Waals surface area contributed by atoms with Gasteiger partial charge in [-0.15, -0.1) is 0 Å². The van der Waals surface area contributed by atoms with Gasteiger partial charge < -0.3 is 4.90 Å². The Kier molecular flexibility index (Phi) is 6.16. The lowest BCUT2D eigenvalue weighted by atomic mass is 9.70. The number of likely N-dealkylation sites (N-methyl/N-ethyl adjacent to an activating group) is 1. The molecule has 146 valence electrons. The SMILES string of the molecule is [B]c1nc([B])c(-c2ccc3cnc(NC(=O)CN4CCN(C)CC4)nc3c2)c([B])c1[B]. The molecule has 1 amide bonds.